The van der Waals surface area contributed by atoms with Crippen molar-refractivity contribution in [3.8, 4) is 0 Å². The summed E-state index contributed by atoms with van der Waals surface area (Å²) in [4.78, 5) is 11.4. The molecular weight excluding hydrogens is 152 g/mol. The Morgan fingerprint density at radius 3 is 1.82 bits per heavy atom. The second-order valence-electron chi connectivity index (χ2n) is 4.44. The molecule has 0 aliphatic heterocycles. The third-order valence-corrected chi connectivity index (χ3v) is 7.86. The molecule has 0 aromatic rings. The van der Waals surface area contributed by atoms with Crippen LogP contribution in [0.2, 0.25) is 18.1 Å². The van der Waals surface area contributed by atoms with Gasteiger partial charge in [0.05, 0.1) is 0 Å². The van der Waals surface area contributed by atoms with Crippen LogP contribution >= 0.6 is 0 Å². The van der Waals surface area contributed by atoms with Crippen molar-refractivity contribution in [3.63, 3.8) is 0 Å². The highest BCUT2D eigenvalue weighted by molar-refractivity contribution is 7.07. The van der Waals surface area contributed by atoms with Crippen molar-refractivity contribution in [2.24, 2.45) is 0 Å². The van der Waals surface area contributed by atoms with Gasteiger partial charge >= 0.3 is 0 Å². The van der Waals surface area contributed by atoms with Crippen LogP contribution in [0.4, 0.5) is 0 Å². The van der Waals surface area contributed by atoms with E-state index in [-0.39, 0.29) is 10.4 Å². The molecule has 11 heavy (non-hydrogen) atoms. The van der Waals surface area contributed by atoms with Crippen molar-refractivity contribution in [1.82, 2.24) is 0 Å². The molecule has 0 amide bonds. The Hall–Kier alpha value is -0.373. The number of allylic oxidation sites excluding steroid dienone is 1. The summed E-state index contributed by atoms with van der Waals surface area (Å²) < 4.78 is 0. The van der Waals surface area contributed by atoms with Crippen LogP contribution in [0.25, 0.3) is 0 Å². The molecule has 0 radical (unpaired) electrons. The second-order valence-corrected chi connectivity index (χ2v) is 9.69. The predicted molar refractivity (Wildman–Crippen MR) is 52.4 cm³/mol. The summed E-state index contributed by atoms with van der Waals surface area (Å²) in [5.41, 5.74) is 0. The number of hydrogen-bond donors (Lipinski definition) is 0. The zero-order valence-electron chi connectivity index (χ0n) is 8.19. The van der Waals surface area contributed by atoms with Crippen LogP contribution in [0, 0.1) is 0 Å². The first kappa shape index (κ1) is 10.6. The Labute approximate surface area is 70.5 Å². The van der Waals surface area contributed by atoms with E-state index in [0.717, 1.165) is 0 Å². The van der Waals surface area contributed by atoms with Crippen molar-refractivity contribution < 1.29 is 4.79 Å². The number of rotatable bonds is 2. The third-order valence-electron chi connectivity index (χ3n) is 2.68. The van der Waals surface area contributed by atoms with Gasteiger partial charge in [-0.1, -0.05) is 40.4 Å². The van der Waals surface area contributed by atoms with Crippen LogP contribution in [0.1, 0.15) is 20.8 Å². The number of carbonyl (C=O) groups is 1. The fourth-order valence-corrected chi connectivity index (χ4v) is 1.87. The second kappa shape index (κ2) is 2.93. The van der Waals surface area contributed by atoms with Gasteiger partial charge in [0.2, 0.25) is 0 Å². The van der Waals surface area contributed by atoms with E-state index in [1.165, 1.54) is 6.08 Å². The van der Waals surface area contributed by atoms with Gasteiger partial charge in [-0.15, -0.1) is 0 Å². The van der Waals surface area contributed by atoms with Gasteiger partial charge in [0, 0.05) is 0 Å². The normalized spacial score (nSPS) is 12.8. The molecule has 0 N–H and O–H groups in total. The predicted octanol–water partition coefficient (Wildman–Crippen LogP) is 2.79. The molecule has 2 heteroatoms. The molecule has 64 valence electrons. The maximum atomic E-state index is 11.4. The monoisotopic (exact) mass is 170 g/mol. The molecule has 0 atom stereocenters. The van der Waals surface area contributed by atoms with Crippen molar-refractivity contribution in [2.45, 2.75) is 38.9 Å². The molecule has 0 aliphatic carbocycles. The van der Waals surface area contributed by atoms with E-state index in [0.29, 0.717) is 0 Å². The Morgan fingerprint density at radius 2 is 1.73 bits per heavy atom. The maximum absolute atomic E-state index is 11.4. The average molecular weight is 170 g/mol. The molecule has 0 heterocycles. The van der Waals surface area contributed by atoms with Crippen LogP contribution in [0.15, 0.2) is 12.7 Å². The summed E-state index contributed by atoms with van der Waals surface area (Å²) in [5.74, 6) is 0. The number of carbonyl (C=O) groups excluding carboxylic acids is 1. The zero-order valence-corrected chi connectivity index (χ0v) is 9.19. The summed E-state index contributed by atoms with van der Waals surface area (Å²) in [6, 6.07) is 0. The summed E-state index contributed by atoms with van der Waals surface area (Å²) in [6.45, 7) is 14.1. The molecule has 0 bridgehead atoms. The van der Waals surface area contributed by atoms with E-state index in [1.807, 2.05) is 0 Å². The highest BCUT2D eigenvalue weighted by Gasteiger charge is 2.40. The first-order valence-corrected chi connectivity index (χ1v) is 6.90. The van der Waals surface area contributed by atoms with Crippen LogP contribution in [0.5, 0.6) is 0 Å². The average Bonchev–Trinajstić information content (AvgIpc) is 1.83. The molecule has 0 saturated carbocycles. The van der Waals surface area contributed by atoms with Gasteiger partial charge in [0.1, 0.15) is 13.5 Å². The van der Waals surface area contributed by atoms with E-state index in [2.05, 4.69) is 40.4 Å². The summed E-state index contributed by atoms with van der Waals surface area (Å²) >= 11 is 0. The lowest BCUT2D eigenvalue weighted by Gasteiger charge is -2.33. The quantitative estimate of drug-likeness (QED) is 0.460. The van der Waals surface area contributed by atoms with Crippen molar-refractivity contribution >= 4 is 13.5 Å². The molecule has 0 saturated heterocycles. The topological polar surface area (TPSA) is 17.1 Å². The SMILES string of the molecule is C=CC(=O)[Si](C)(C)C(C)(C)C. The molecule has 0 aliphatic rings. The zero-order chi connectivity index (χ0) is 9.28. The van der Waals surface area contributed by atoms with Gasteiger partial charge in [-0.3, -0.25) is 0 Å². The minimum absolute atomic E-state index is 0.137. The molecule has 1 nitrogen and oxygen atoms in total. The lowest BCUT2D eigenvalue weighted by Crippen LogP contribution is -2.45. The minimum atomic E-state index is -1.77. The number of hydrogen-bond acceptors (Lipinski definition) is 1. The highest BCUT2D eigenvalue weighted by Crippen LogP contribution is 2.36. The first-order valence-electron chi connectivity index (χ1n) is 3.90. The van der Waals surface area contributed by atoms with E-state index in [9.17, 15) is 4.79 Å². The molecule has 0 spiro atoms. The van der Waals surface area contributed by atoms with E-state index >= 15 is 0 Å². The third kappa shape index (κ3) is 2.03. The molecule has 0 aromatic carbocycles. The molecule has 0 fully saturated rings. The van der Waals surface area contributed by atoms with Gasteiger partial charge < -0.3 is 4.79 Å². The Morgan fingerprint density at radius 1 is 1.36 bits per heavy atom. The minimum Gasteiger partial charge on any atom is -0.301 e. The fourth-order valence-electron chi connectivity index (χ4n) is 0.625. The van der Waals surface area contributed by atoms with Crippen LogP contribution in [0.3, 0.4) is 0 Å². The lowest BCUT2D eigenvalue weighted by molar-refractivity contribution is -0.108. The molecule has 0 aromatic heterocycles. The smallest absolute Gasteiger partial charge is 0.137 e. The molecular formula is C9H18OSi. The first-order chi connectivity index (χ1) is 4.73. The lowest BCUT2D eigenvalue weighted by atomic mass is 10.2. The van der Waals surface area contributed by atoms with Crippen molar-refractivity contribution in [2.75, 3.05) is 0 Å². The van der Waals surface area contributed by atoms with Gasteiger partial charge in [-0.05, 0) is 11.1 Å². The summed E-state index contributed by atoms with van der Waals surface area (Å²) in [5, 5.41) is 0.392. The van der Waals surface area contributed by atoms with Gasteiger partial charge in [0.15, 0.2) is 0 Å². The Bertz CT molecular complexity index is 174. The standard InChI is InChI=1S/C9H18OSi/c1-7-8(10)11(5,6)9(2,3)4/h7H,1H2,2-6H3. The fraction of sp³-hybridized carbons (Fsp3) is 0.667. The van der Waals surface area contributed by atoms with Crippen LogP contribution < -0.4 is 0 Å². The van der Waals surface area contributed by atoms with Crippen LogP contribution in [-0.2, 0) is 4.79 Å². The van der Waals surface area contributed by atoms with E-state index in [1.54, 1.807) is 0 Å². The Balaban J connectivity index is 4.73. The summed E-state index contributed by atoms with van der Waals surface area (Å²) in [6.07, 6.45) is 1.47. The Kier molecular flexibility index (Phi) is 2.83. The maximum Gasteiger partial charge on any atom is 0.137 e. The van der Waals surface area contributed by atoms with Crippen LogP contribution in [-0.4, -0.2) is 13.5 Å². The summed E-state index contributed by atoms with van der Waals surface area (Å²) in [7, 11) is -1.77. The van der Waals surface area contributed by atoms with Gasteiger partial charge in [-0.2, -0.15) is 0 Å². The van der Waals surface area contributed by atoms with E-state index in [4.69, 9.17) is 0 Å². The highest BCUT2D eigenvalue weighted by atomic mass is 28.3. The molecule has 0 unspecified atom stereocenters. The largest absolute Gasteiger partial charge is 0.301 e. The van der Waals surface area contributed by atoms with Crippen molar-refractivity contribution in [3.05, 3.63) is 12.7 Å². The van der Waals surface area contributed by atoms with Gasteiger partial charge in [-0.25, -0.2) is 0 Å². The van der Waals surface area contributed by atoms with E-state index < -0.39 is 8.07 Å². The van der Waals surface area contributed by atoms with Gasteiger partial charge in [0.25, 0.3) is 0 Å². The van der Waals surface area contributed by atoms with Crippen molar-refractivity contribution in [1.29, 1.82) is 0 Å². The molecule has 0 rings (SSSR count).